The van der Waals surface area contributed by atoms with Crippen LogP contribution in [-0.4, -0.2) is 5.75 Å². The fourth-order valence-corrected chi connectivity index (χ4v) is 2.69. The number of thioether (sulfide) groups is 1. The van der Waals surface area contributed by atoms with Crippen molar-refractivity contribution in [2.75, 3.05) is 5.75 Å². The van der Waals surface area contributed by atoms with Gasteiger partial charge in [-0.2, -0.15) is 0 Å². The Hall–Kier alpha value is -1.59. The molecular weight excluding hydrogens is 280 g/mol. The number of ether oxygens (including phenoxy) is 1. The zero-order valence-corrected chi connectivity index (χ0v) is 11.8. The molecule has 0 amide bonds. The molecule has 0 unspecified atom stereocenters. The molecule has 2 nitrogen and oxygen atoms in total. The van der Waals surface area contributed by atoms with Crippen molar-refractivity contribution >= 4 is 11.8 Å². The highest BCUT2D eigenvalue weighted by molar-refractivity contribution is 7.99. The van der Waals surface area contributed by atoms with Crippen molar-refractivity contribution in [2.45, 2.75) is 18.4 Å². The van der Waals surface area contributed by atoms with Gasteiger partial charge in [-0.1, -0.05) is 13.0 Å². The van der Waals surface area contributed by atoms with E-state index >= 15 is 0 Å². The molecule has 0 atom stereocenters. The van der Waals surface area contributed by atoms with Crippen molar-refractivity contribution in [2.24, 2.45) is 5.73 Å². The van der Waals surface area contributed by atoms with Crippen LogP contribution in [0.3, 0.4) is 0 Å². The van der Waals surface area contributed by atoms with Crippen LogP contribution in [0, 0.1) is 11.6 Å². The number of benzene rings is 2. The van der Waals surface area contributed by atoms with Gasteiger partial charge < -0.3 is 10.5 Å². The van der Waals surface area contributed by atoms with E-state index in [1.54, 1.807) is 17.8 Å². The van der Waals surface area contributed by atoms with E-state index in [0.717, 1.165) is 34.4 Å². The highest BCUT2D eigenvalue weighted by Gasteiger charge is 2.10. The minimum absolute atomic E-state index is 0.121. The summed E-state index contributed by atoms with van der Waals surface area (Å²) in [6, 6.07) is 8.62. The molecule has 0 fully saturated rings. The molecule has 0 aliphatic carbocycles. The van der Waals surface area contributed by atoms with Gasteiger partial charge in [0.1, 0.15) is 23.1 Å². The molecule has 0 saturated carbocycles. The summed E-state index contributed by atoms with van der Waals surface area (Å²) < 4.78 is 31.9. The SMILES string of the molecule is CCSc1cccc(Oc2cc(F)cc(F)c2)c1CN. The molecule has 2 aromatic carbocycles. The standard InChI is InChI=1S/C15H15F2NOS/c1-2-20-15-5-3-4-14(13(15)9-18)19-12-7-10(16)6-11(17)8-12/h3-8H,2,9,18H2,1H3. The number of hydrogen-bond donors (Lipinski definition) is 1. The van der Waals surface area contributed by atoms with Crippen LogP contribution < -0.4 is 10.5 Å². The molecule has 106 valence electrons. The summed E-state index contributed by atoms with van der Waals surface area (Å²) in [5.74, 6) is 0.207. The summed E-state index contributed by atoms with van der Waals surface area (Å²) in [6.07, 6.45) is 0. The number of halogens is 2. The zero-order chi connectivity index (χ0) is 14.5. The minimum atomic E-state index is -0.673. The normalized spacial score (nSPS) is 10.6. The average Bonchev–Trinajstić information content (AvgIpc) is 2.38. The third-order valence-electron chi connectivity index (χ3n) is 2.66. The van der Waals surface area contributed by atoms with Gasteiger partial charge in [-0.3, -0.25) is 0 Å². The summed E-state index contributed by atoms with van der Waals surface area (Å²) in [7, 11) is 0. The average molecular weight is 295 g/mol. The van der Waals surface area contributed by atoms with E-state index in [2.05, 4.69) is 0 Å². The Labute approximate surface area is 120 Å². The second-order valence-electron chi connectivity index (χ2n) is 4.08. The number of nitrogens with two attached hydrogens (primary N) is 1. The summed E-state index contributed by atoms with van der Waals surface area (Å²) in [5.41, 5.74) is 6.59. The van der Waals surface area contributed by atoms with E-state index in [-0.39, 0.29) is 5.75 Å². The molecule has 0 bridgehead atoms. The van der Waals surface area contributed by atoms with Gasteiger partial charge in [0.15, 0.2) is 0 Å². The van der Waals surface area contributed by atoms with Gasteiger partial charge in [-0.05, 0) is 17.9 Å². The van der Waals surface area contributed by atoms with Gasteiger partial charge in [-0.25, -0.2) is 8.78 Å². The van der Waals surface area contributed by atoms with Crippen molar-refractivity contribution in [3.8, 4) is 11.5 Å². The van der Waals surface area contributed by atoms with Gasteiger partial charge in [0.2, 0.25) is 0 Å². The molecule has 0 spiro atoms. The summed E-state index contributed by atoms with van der Waals surface area (Å²) in [5, 5.41) is 0. The van der Waals surface area contributed by atoms with Crippen LogP contribution >= 0.6 is 11.8 Å². The van der Waals surface area contributed by atoms with Crippen LogP contribution in [0.4, 0.5) is 8.78 Å². The van der Waals surface area contributed by atoms with Gasteiger partial charge >= 0.3 is 0 Å². The first-order chi connectivity index (χ1) is 9.63. The van der Waals surface area contributed by atoms with E-state index in [0.29, 0.717) is 12.3 Å². The first kappa shape index (κ1) is 14.8. The molecule has 0 saturated heterocycles. The molecule has 20 heavy (non-hydrogen) atoms. The van der Waals surface area contributed by atoms with Crippen molar-refractivity contribution in [3.05, 3.63) is 53.6 Å². The molecule has 0 aliphatic heterocycles. The zero-order valence-electron chi connectivity index (χ0n) is 11.0. The molecule has 0 heterocycles. The Morgan fingerprint density at radius 2 is 1.85 bits per heavy atom. The Morgan fingerprint density at radius 3 is 2.45 bits per heavy atom. The summed E-state index contributed by atoms with van der Waals surface area (Å²) in [6.45, 7) is 2.34. The first-order valence-electron chi connectivity index (χ1n) is 6.22. The second-order valence-corrected chi connectivity index (χ2v) is 5.38. The van der Waals surface area contributed by atoms with Crippen molar-refractivity contribution in [1.29, 1.82) is 0 Å². The fourth-order valence-electron chi connectivity index (χ4n) is 1.85. The lowest BCUT2D eigenvalue weighted by Crippen LogP contribution is -2.02. The van der Waals surface area contributed by atoms with Crippen LogP contribution in [-0.2, 0) is 6.54 Å². The number of hydrogen-bond acceptors (Lipinski definition) is 3. The maximum absolute atomic E-state index is 13.2. The predicted molar refractivity (Wildman–Crippen MR) is 77.2 cm³/mol. The van der Waals surface area contributed by atoms with Crippen LogP contribution in [0.1, 0.15) is 12.5 Å². The topological polar surface area (TPSA) is 35.2 Å². The Balaban J connectivity index is 2.35. The lowest BCUT2D eigenvalue weighted by Gasteiger charge is -2.13. The fraction of sp³-hybridized carbons (Fsp3) is 0.200. The molecule has 0 aromatic heterocycles. The van der Waals surface area contributed by atoms with E-state index in [1.807, 2.05) is 19.1 Å². The maximum Gasteiger partial charge on any atom is 0.133 e. The van der Waals surface area contributed by atoms with Crippen LogP contribution in [0.15, 0.2) is 41.3 Å². The van der Waals surface area contributed by atoms with E-state index in [1.165, 1.54) is 0 Å². The van der Waals surface area contributed by atoms with Crippen LogP contribution in [0.2, 0.25) is 0 Å². The highest BCUT2D eigenvalue weighted by atomic mass is 32.2. The van der Waals surface area contributed by atoms with E-state index < -0.39 is 11.6 Å². The Bertz CT molecular complexity index is 584. The van der Waals surface area contributed by atoms with Gasteiger partial charge in [0.25, 0.3) is 0 Å². The first-order valence-corrected chi connectivity index (χ1v) is 7.21. The smallest absolute Gasteiger partial charge is 0.133 e. The maximum atomic E-state index is 13.2. The largest absolute Gasteiger partial charge is 0.457 e. The highest BCUT2D eigenvalue weighted by Crippen LogP contribution is 2.33. The third-order valence-corrected chi connectivity index (χ3v) is 3.64. The Morgan fingerprint density at radius 1 is 1.15 bits per heavy atom. The van der Waals surface area contributed by atoms with Gasteiger partial charge in [-0.15, -0.1) is 11.8 Å². The van der Waals surface area contributed by atoms with Crippen LogP contribution in [0.5, 0.6) is 11.5 Å². The van der Waals surface area contributed by atoms with Gasteiger partial charge in [0, 0.05) is 35.2 Å². The lowest BCUT2D eigenvalue weighted by atomic mass is 10.2. The summed E-state index contributed by atoms with van der Waals surface area (Å²) >= 11 is 1.65. The minimum Gasteiger partial charge on any atom is -0.457 e. The molecule has 2 N–H and O–H groups in total. The van der Waals surface area contributed by atoms with Gasteiger partial charge in [0.05, 0.1) is 0 Å². The molecule has 0 radical (unpaired) electrons. The van der Waals surface area contributed by atoms with Crippen LogP contribution in [0.25, 0.3) is 0 Å². The second kappa shape index (κ2) is 6.72. The van der Waals surface area contributed by atoms with Crippen molar-refractivity contribution < 1.29 is 13.5 Å². The molecule has 2 aromatic rings. The Kier molecular flexibility index (Phi) is 4.98. The molecular formula is C15H15F2NOS. The third kappa shape index (κ3) is 3.49. The predicted octanol–water partition coefficient (Wildman–Crippen LogP) is 4.33. The van der Waals surface area contributed by atoms with Crippen molar-refractivity contribution in [1.82, 2.24) is 0 Å². The molecule has 5 heteroatoms. The molecule has 0 aliphatic rings. The lowest BCUT2D eigenvalue weighted by molar-refractivity contribution is 0.461. The van der Waals surface area contributed by atoms with E-state index in [4.69, 9.17) is 10.5 Å². The van der Waals surface area contributed by atoms with Crippen molar-refractivity contribution in [3.63, 3.8) is 0 Å². The monoisotopic (exact) mass is 295 g/mol. The van der Waals surface area contributed by atoms with E-state index in [9.17, 15) is 8.78 Å². The quantitative estimate of drug-likeness (QED) is 0.834. The number of rotatable bonds is 5. The summed E-state index contributed by atoms with van der Waals surface area (Å²) in [4.78, 5) is 1.02. The molecule has 2 rings (SSSR count).